The molecule has 0 aliphatic carbocycles. The van der Waals surface area contributed by atoms with Gasteiger partial charge in [-0.25, -0.2) is 12.4 Å². The van der Waals surface area contributed by atoms with E-state index in [0.717, 1.165) is 9.54 Å². The van der Waals surface area contributed by atoms with Crippen LogP contribution in [0.5, 0.6) is 0 Å². The average Bonchev–Trinajstić information content (AvgIpc) is 3.12. The summed E-state index contributed by atoms with van der Waals surface area (Å²) in [6, 6.07) is 7.26. The van der Waals surface area contributed by atoms with Crippen molar-refractivity contribution in [3.63, 3.8) is 0 Å². The Hall–Kier alpha value is -2.65. The van der Waals surface area contributed by atoms with E-state index in [4.69, 9.17) is 9.84 Å². The van der Waals surface area contributed by atoms with Crippen LogP contribution < -0.4 is 0 Å². The van der Waals surface area contributed by atoms with Gasteiger partial charge in [-0.2, -0.15) is 0 Å². The number of carbonyl (C=O) groups is 2. The van der Waals surface area contributed by atoms with Gasteiger partial charge in [0.25, 0.3) is 15.9 Å². The number of rotatable bonds is 5. The normalized spacial score (nSPS) is 17.7. The molecule has 1 aromatic heterocycles. The molecule has 144 valence electrons. The van der Waals surface area contributed by atoms with E-state index >= 15 is 0 Å². The highest BCUT2D eigenvalue weighted by Crippen LogP contribution is 2.19. The van der Waals surface area contributed by atoms with Crippen LogP contribution in [0.1, 0.15) is 22.3 Å². The molecule has 0 radical (unpaired) electrons. The molecule has 1 aromatic carbocycles. The molecule has 2 aromatic rings. The summed E-state index contributed by atoms with van der Waals surface area (Å²) < 4.78 is 31.7. The minimum absolute atomic E-state index is 0.123. The molecule has 0 saturated carbocycles. The Labute approximate surface area is 157 Å². The van der Waals surface area contributed by atoms with Crippen molar-refractivity contribution in [3.05, 3.63) is 53.9 Å². The zero-order valence-corrected chi connectivity index (χ0v) is 15.6. The number of aromatic nitrogens is 1. The maximum Gasteiger partial charge on any atom is 0.305 e. The number of aliphatic carboxylic acids is 1. The summed E-state index contributed by atoms with van der Waals surface area (Å²) in [5.41, 5.74) is 1.12. The summed E-state index contributed by atoms with van der Waals surface area (Å²) in [5, 5.41) is 9.02. The summed E-state index contributed by atoms with van der Waals surface area (Å²) >= 11 is 0. The van der Waals surface area contributed by atoms with Crippen LogP contribution >= 0.6 is 0 Å². The van der Waals surface area contributed by atoms with Crippen LogP contribution in [0.4, 0.5) is 0 Å². The second-order valence-electron chi connectivity index (χ2n) is 6.37. The quantitative estimate of drug-likeness (QED) is 0.823. The molecule has 1 aliphatic heterocycles. The topological polar surface area (TPSA) is 106 Å². The Balaban J connectivity index is 1.85. The van der Waals surface area contributed by atoms with E-state index in [-0.39, 0.29) is 30.0 Å². The maximum atomic E-state index is 12.8. The standard InChI is InChI=1S/C18H20N2O6S/c1-13-2-4-16(5-3-13)27(24,25)19-7-6-14(11-19)18(23)20-8-9-26-12-15(20)10-17(21)22/h2-7,11,15H,8-10,12H2,1H3,(H,21,22). The van der Waals surface area contributed by atoms with E-state index in [0.29, 0.717) is 6.61 Å². The molecule has 8 nitrogen and oxygen atoms in total. The summed E-state index contributed by atoms with van der Waals surface area (Å²) in [6.07, 6.45) is 2.34. The molecule has 1 unspecified atom stereocenters. The fourth-order valence-electron chi connectivity index (χ4n) is 2.94. The monoisotopic (exact) mass is 392 g/mol. The number of amides is 1. The van der Waals surface area contributed by atoms with Crippen LogP contribution in [0.25, 0.3) is 0 Å². The second-order valence-corrected chi connectivity index (χ2v) is 8.22. The van der Waals surface area contributed by atoms with Crippen molar-refractivity contribution in [2.45, 2.75) is 24.3 Å². The molecule has 27 heavy (non-hydrogen) atoms. The van der Waals surface area contributed by atoms with Gasteiger partial charge >= 0.3 is 5.97 Å². The minimum Gasteiger partial charge on any atom is -0.481 e. The van der Waals surface area contributed by atoms with Gasteiger partial charge in [0.15, 0.2) is 0 Å². The van der Waals surface area contributed by atoms with Crippen LogP contribution in [-0.4, -0.2) is 60.1 Å². The first-order valence-corrected chi connectivity index (χ1v) is 9.84. The van der Waals surface area contributed by atoms with Gasteiger partial charge in [0, 0.05) is 18.9 Å². The Bertz CT molecular complexity index is 948. The summed E-state index contributed by atoms with van der Waals surface area (Å²) in [6.45, 7) is 2.57. The Morgan fingerprint density at radius 3 is 2.59 bits per heavy atom. The van der Waals surface area contributed by atoms with Gasteiger partial charge in [-0.1, -0.05) is 17.7 Å². The molecular weight excluding hydrogens is 372 g/mol. The Kier molecular flexibility index (Phi) is 5.33. The maximum absolute atomic E-state index is 12.8. The number of hydrogen-bond donors (Lipinski definition) is 1. The van der Waals surface area contributed by atoms with Gasteiger partial charge < -0.3 is 14.7 Å². The minimum atomic E-state index is -3.80. The van der Waals surface area contributed by atoms with Crippen LogP contribution in [-0.2, 0) is 19.6 Å². The van der Waals surface area contributed by atoms with Crippen LogP contribution in [0.15, 0.2) is 47.6 Å². The first-order valence-electron chi connectivity index (χ1n) is 8.40. The zero-order valence-electron chi connectivity index (χ0n) is 14.7. The molecule has 1 fully saturated rings. The number of aryl methyl sites for hydroxylation is 1. The van der Waals surface area contributed by atoms with Gasteiger partial charge in [-0.05, 0) is 25.1 Å². The number of benzene rings is 1. The van der Waals surface area contributed by atoms with E-state index in [1.165, 1.54) is 35.5 Å². The fraction of sp³-hybridized carbons (Fsp3) is 0.333. The van der Waals surface area contributed by atoms with Gasteiger partial charge in [-0.15, -0.1) is 0 Å². The first kappa shape index (κ1) is 19.1. The number of carboxylic acids is 1. The smallest absolute Gasteiger partial charge is 0.305 e. The van der Waals surface area contributed by atoms with Crippen molar-refractivity contribution in [2.75, 3.05) is 19.8 Å². The molecule has 1 N–H and O–H groups in total. The van der Waals surface area contributed by atoms with E-state index < -0.39 is 27.9 Å². The molecule has 9 heteroatoms. The number of hydrogen-bond acceptors (Lipinski definition) is 5. The summed E-state index contributed by atoms with van der Waals surface area (Å²) in [4.78, 5) is 25.3. The van der Waals surface area contributed by atoms with Crippen molar-refractivity contribution in [1.82, 2.24) is 8.87 Å². The van der Waals surface area contributed by atoms with E-state index in [1.807, 2.05) is 6.92 Å². The highest BCUT2D eigenvalue weighted by atomic mass is 32.2. The Morgan fingerprint density at radius 2 is 1.93 bits per heavy atom. The predicted octanol–water partition coefficient (Wildman–Crippen LogP) is 1.35. The SMILES string of the molecule is Cc1ccc(S(=O)(=O)n2ccc(C(=O)N3CCOCC3CC(=O)O)c2)cc1. The zero-order chi connectivity index (χ0) is 19.6. The third-order valence-electron chi connectivity index (χ3n) is 4.41. The van der Waals surface area contributed by atoms with E-state index in [2.05, 4.69) is 0 Å². The Morgan fingerprint density at radius 1 is 1.22 bits per heavy atom. The van der Waals surface area contributed by atoms with Crippen molar-refractivity contribution in [3.8, 4) is 0 Å². The molecule has 0 spiro atoms. The third-order valence-corrected chi connectivity index (χ3v) is 6.06. The molecule has 2 heterocycles. The van der Waals surface area contributed by atoms with E-state index in [1.54, 1.807) is 12.1 Å². The molecule has 1 aliphatic rings. The van der Waals surface area contributed by atoms with Gasteiger partial charge in [-0.3, -0.25) is 9.59 Å². The first-order chi connectivity index (χ1) is 12.8. The van der Waals surface area contributed by atoms with Gasteiger partial charge in [0.05, 0.1) is 36.1 Å². The van der Waals surface area contributed by atoms with Gasteiger partial charge in [0.1, 0.15) is 0 Å². The lowest BCUT2D eigenvalue weighted by Gasteiger charge is -2.34. The van der Waals surface area contributed by atoms with Crippen molar-refractivity contribution in [1.29, 1.82) is 0 Å². The average molecular weight is 392 g/mol. The summed E-state index contributed by atoms with van der Waals surface area (Å²) in [7, 11) is -3.80. The molecule has 3 rings (SSSR count). The lowest BCUT2D eigenvalue weighted by Crippen LogP contribution is -2.49. The highest BCUT2D eigenvalue weighted by Gasteiger charge is 2.30. The number of nitrogens with zero attached hydrogens (tertiary/aromatic N) is 2. The molecule has 1 atom stereocenters. The van der Waals surface area contributed by atoms with Crippen molar-refractivity contribution >= 4 is 21.9 Å². The molecule has 0 bridgehead atoms. The molecule has 1 amide bonds. The van der Waals surface area contributed by atoms with Crippen LogP contribution in [0.2, 0.25) is 0 Å². The lowest BCUT2D eigenvalue weighted by molar-refractivity contribution is -0.139. The predicted molar refractivity (Wildman–Crippen MR) is 96.1 cm³/mol. The third kappa shape index (κ3) is 4.04. The lowest BCUT2D eigenvalue weighted by atomic mass is 10.1. The van der Waals surface area contributed by atoms with E-state index in [9.17, 15) is 18.0 Å². The van der Waals surface area contributed by atoms with Crippen molar-refractivity contribution in [2.24, 2.45) is 0 Å². The number of carboxylic acid groups (broad SMARTS) is 1. The van der Waals surface area contributed by atoms with Crippen LogP contribution in [0.3, 0.4) is 0 Å². The fourth-order valence-corrected chi connectivity index (χ4v) is 4.14. The summed E-state index contributed by atoms with van der Waals surface area (Å²) in [5.74, 6) is -1.44. The molecular formula is C18H20N2O6S. The number of ether oxygens (including phenoxy) is 1. The number of carbonyl (C=O) groups excluding carboxylic acids is 1. The highest BCUT2D eigenvalue weighted by molar-refractivity contribution is 7.90. The van der Waals surface area contributed by atoms with Gasteiger partial charge in [0.2, 0.25) is 0 Å². The number of morpholine rings is 1. The molecule has 1 saturated heterocycles. The van der Waals surface area contributed by atoms with Crippen LogP contribution in [0, 0.1) is 6.92 Å². The largest absolute Gasteiger partial charge is 0.481 e. The van der Waals surface area contributed by atoms with Crippen molar-refractivity contribution < 1.29 is 27.9 Å². The second kappa shape index (κ2) is 7.53.